The van der Waals surface area contributed by atoms with E-state index in [0.717, 1.165) is 6.92 Å². The van der Waals surface area contributed by atoms with E-state index in [2.05, 4.69) is 0 Å². The van der Waals surface area contributed by atoms with Gasteiger partial charge in [0.25, 0.3) is 0 Å². The highest BCUT2D eigenvalue weighted by atomic mass is 16.7. The Kier molecular flexibility index (Phi) is 7.64. The van der Waals surface area contributed by atoms with Crippen LogP contribution in [0.3, 0.4) is 0 Å². The molecule has 1 saturated heterocycles. The lowest BCUT2D eigenvalue weighted by molar-refractivity contribution is -0.278. The average molecular weight is 534 g/mol. The molecule has 13 heteroatoms. The van der Waals surface area contributed by atoms with Crippen LogP contribution in [0.15, 0.2) is 39.5 Å². The summed E-state index contributed by atoms with van der Waals surface area (Å²) < 4.78 is 32.3. The van der Waals surface area contributed by atoms with Gasteiger partial charge in [0.1, 0.15) is 53.5 Å². The lowest BCUT2D eigenvalue weighted by Gasteiger charge is -2.39. The van der Waals surface area contributed by atoms with Crippen LogP contribution in [0.25, 0.3) is 22.3 Å². The van der Waals surface area contributed by atoms with Gasteiger partial charge < -0.3 is 53.6 Å². The molecule has 0 bridgehead atoms. The van der Waals surface area contributed by atoms with Crippen molar-refractivity contribution >= 4 is 16.9 Å². The first kappa shape index (κ1) is 27.0. The zero-order valence-electron chi connectivity index (χ0n) is 20.5. The number of fused-ring (bicyclic) bond motifs is 1. The van der Waals surface area contributed by atoms with Gasteiger partial charge in [0.05, 0.1) is 14.2 Å². The van der Waals surface area contributed by atoms with E-state index in [4.69, 9.17) is 28.1 Å². The van der Waals surface area contributed by atoms with Gasteiger partial charge in [-0.25, -0.2) is 0 Å². The predicted molar refractivity (Wildman–Crippen MR) is 128 cm³/mol. The van der Waals surface area contributed by atoms with Gasteiger partial charge in [-0.3, -0.25) is 9.59 Å². The Morgan fingerprint density at radius 2 is 1.71 bits per heavy atom. The number of hydrogen-bond acceptors (Lipinski definition) is 13. The largest absolute Gasteiger partial charge is 0.507 e. The molecule has 4 rings (SSSR count). The molecule has 0 aliphatic carbocycles. The van der Waals surface area contributed by atoms with E-state index in [1.165, 1.54) is 44.6 Å². The van der Waals surface area contributed by atoms with E-state index in [9.17, 15) is 35.1 Å². The summed E-state index contributed by atoms with van der Waals surface area (Å²) in [5.41, 5.74) is -0.755. The third-order valence-electron chi connectivity index (χ3n) is 5.94. The van der Waals surface area contributed by atoms with E-state index in [-0.39, 0.29) is 39.5 Å². The molecular weight excluding hydrogens is 508 g/mol. The van der Waals surface area contributed by atoms with Gasteiger partial charge in [0.15, 0.2) is 17.3 Å². The maximum atomic E-state index is 13.6. The van der Waals surface area contributed by atoms with Crippen molar-refractivity contribution in [3.8, 4) is 40.1 Å². The number of methoxy groups -OCH3 is 2. The van der Waals surface area contributed by atoms with E-state index in [0.29, 0.717) is 0 Å². The number of carbonyl (C=O) groups excluding carboxylic acids is 1. The summed E-state index contributed by atoms with van der Waals surface area (Å²) in [6.45, 7) is 0.656. The van der Waals surface area contributed by atoms with Crippen molar-refractivity contribution in [2.75, 3.05) is 20.8 Å². The van der Waals surface area contributed by atoms with Crippen LogP contribution in [0.2, 0.25) is 0 Å². The molecule has 0 amide bonds. The van der Waals surface area contributed by atoms with Gasteiger partial charge in [-0.1, -0.05) is 0 Å². The number of esters is 1. The highest BCUT2D eigenvalue weighted by molar-refractivity contribution is 5.88. The van der Waals surface area contributed by atoms with Crippen LogP contribution >= 0.6 is 0 Å². The topological polar surface area (TPSA) is 195 Å². The third-order valence-corrected chi connectivity index (χ3v) is 5.94. The smallest absolute Gasteiger partial charge is 0.302 e. The van der Waals surface area contributed by atoms with E-state index >= 15 is 0 Å². The molecule has 204 valence electrons. The van der Waals surface area contributed by atoms with Crippen molar-refractivity contribution < 1.29 is 58.4 Å². The summed E-state index contributed by atoms with van der Waals surface area (Å²) >= 11 is 0. The van der Waals surface area contributed by atoms with Crippen molar-refractivity contribution in [3.63, 3.8) is 0 Å². The first-order valence-corrected chi connectivity index (χ1v) is 11.3. The van der Waals surface area contributed by atoms with Crippen LogP contribution in [0.5, 0.6) is 28.7 Å². The lowest BCUT2D eigenvalue weighted by Crippen LogP contribution is -2.60. The van der Waals surface area contributed by atoms with Gasteiger partial charge in [-0.15, -0.1) is 0 Å². The van der Waals surface area contributed by atoms with E-state index < -0.39 is 60.2 Å². The number of benzene rings is 2. The number of aromatic hydroxyl groups is 2. The van der Waals surface area contributed by atoms with Crippen LogP contribution in [0, 0.1) is 0 Å². The van der Waals surface area contributed by atoms with Crippen molar-refractivity contribution in [1.29, 1.82) is 0 Å². The fourth-order valence-electron chi connectivity index (χ4n) is 3.96. The lowest BCUT2D eigenvalue weighted by atomic mass is 9.99. The molecule has 5 N–H and O–H groups in total. The fourth-order valence-corrected chi connectivity index (χ4v) is 3.96. The summed E-state index contributed by atoms with van der Waals surface area (Å²) in [5.74, 6) is -1.87. The maximum absolute atomic E-state index is 13.6. The van der Waals surface area contributed by atoms with Crippen molar-refractivity contribution in [1.82, 2.24) is 0 Å². The monoisotopic (exact) mass is 534 g/mol. The minimum Gasteiger partial charge on any atom is -0.507 e. The molecule has 5 atom stereocenters. The molecule has 0 radical (unpaired) electrons. The normalized spacial score (nSPS) is 23.2. The number of ether oxygens (including phenoxy) is 5. The SMILES string of the molecule is COc1cc(O)c2c(=O)c(O[C@@H]3O[C@@H](COC(C)=O)[C@@H](O)[C@H](O)[C@@H]3O)c(-c3ccc(O)c(OC)c3)oc2c1. The summed E-state index contributed by atoms with van der Waals surface area (Å²) in [7, 11) is 2.67. The minimum atomic E-state index is -1.85. The van der Waals surface area contributed by atoms with E-state index in [1.807, 2.05) is 0 Å². The quantitative estimate of drug-likeness (QED) is 0.265. The second-order valence-corrected chi connectivity index (χ2v) is 8.43. The molecule has 0 unspecified atom stereocenters. The standard InChI is InChI=1S/C25H26O13/c1-10(26)35-9-17-19(29)21(31)22(32)25(37-17)38-24-20(30)18-14(28)7-12(33-2)8-16(18)36-23(24)11-4-5-13(27)15(6-11)34-3/h4-8,17,19,21-22,25,27-29,31-32H,9H2,1-3H3/t17-,19+,21-,22-,25-/m0/s1. The Morgan fingerprint density at radius 3 is 2.37 bits per heavy atom. The average Bonchev–Trinajstić information content (AvgIpc) is 2.89. The number of carbonyl (C=O) groups is 1. The van der Waals surface area contributed by atoms with Crippen LogP contribution in [0.4, 0.5) is 0 Å². The molecule has 13 nitrogen and oxygen atoms in total. The Balaban J connectivity index is 1.86. The van der Waals surface area contributed by atoms with Crippen LogP contribution < -0.4 is 19.6 Å². The van der Waals surface area contributed by atoms with E-state index in [1.54, 1.807) is 0 Å². The molecule has 2 heterocycles. The van der Waals surface area contributed by atoms with Crippen LogP contribution in [0.1, 0.15) is 6.92 Å². The summed E-state index contributed by atoms with van der Waals surface area (Å²) in [4.78, 5) is 24.8. The highest BCUT2D eigenvalue weighted by Crippen LogP contribution is 2.39. The molecule has 0 spiro atoms. The van der Waals surface area contributed by atoms with Gasteiger partial charge in [-0.05, 0) is 18.2 Å². The summed E-state index contributed by atoms with van der Waals surface area (Å²) in [6, 6.07) is 6.59. The molecule has 0 saturated carbocycles. The zero-order valence-corrected chi connectivity index (χ0v) is 20.5. The molecule has 1 aliphatic rings. The first-order valence-electron chi connectivity index (χ1n) is 11.3. The van der Waals surface area contributed by atoms with Crippen LogP contribution in [-0.2, 0) is 14.3 Å². The molecule has 3 aromatic rings. The number of hydrogen-bond donors (Lipinski definition) is 5. The van der Waals surface area contributed by atoms with Crippen molar-refractivity contribution in [2.24, 2.45) is 0 Å². The van der Waals surface area contributed by atoms with Gasteiger partial charge in [0.2, 0.25) is 17.5 Å². The Hall–Kier alpha value is -4.04. The van der Waals surface area contributed by atoms with Gasteiger partial charge in [-0.2, -0.15) is 0 Å². The zero-order chi connectivity index (χ0) is 27.7. The third kappa shape index (κ3) is 5.04. The van der Waals surface area contributed by atoms with Gasteiger partial charge >= 0.3 is 5.97 Å². The highest BCUT2D eigenvalue weighted by Gasteiger charge is 2.46. The number of rotatable bonds is 7. The maximum Gasteiger partial charge on any atom is 0.302 e. The number of phenols is 2. The summed E-state index contributed by atoms with van der Waals surface area (Å²) in [5, 5.41) is 51.4. The molecule has 1 fully saturated rings. The predicted octanol–water partition coefficient (Wildman–Crippen LogP) is 0.638. The molecule has 38 heavy (non-hydrogen) atoms. The Bertz CT molecular complexity index is 1400. The van der Waals surface area contributed by atoms with Gasteiger partial charge in [0, 0.05) is 24.6 Å². The minimum absolute atomic E-state index is 0.0404. The second kappa shape index (κ2) is 10.8. The van der Waals surface area contributed by atoms with Crippen molar-refractivity contribution in [2.45, 2.75) is 37.6 Å². The van der Waals surface area contributed by atoms with Crippen LogP contribution in [-0.4, -0.2) is 83.0 Å². The molecular formula is C25H26O13. The Labute approximate surface area is 214 Å². The second-order valence-electron chi connectivity index (χ2n) is 8.43. The number of phenolic OH excluding ortho intramolecular Hbond substituents is 2. The molecule has 1 aromatic heterocycles. The molecule has 2 aromatic carbocycles. The first-order chi connectivity index (χ1) is 18.0. The summed E-state index contributed by atoms with van der Waals surface area (Å²) in [6.07, 6.45) is -8.34. The number of aliphatic hydroxyl groups is 3. The van der Waals surface area contributed by atoms with Crippen molar-refractivity contribution in [3.05, 3.63) is 40.6 Å². The number of aliphatic hydroxyl groups excluding tert-OH is 3. The Morgan fingerprint density at radius 1 is 0.974 bits per heavy atom. The molecule has 1 aliphatic heterocycles. The fraction of sp³-hybridized carbons (Fsp3) is 0.360.